The van der Waals surface area contributed by atoms with Crippen molar-refractivity contribution in [3.63, 3.8) is 0 Å². The van der Waals surface area contributed by atoms with Crippen molar-refractivity contribution in [1.82, 2.24) is 29.5 Å². The van der Waals surface area contributed by atoms with Gasteiger partial charge in [0.05, 0.1) is 41.1 Å². The van der Waals surface area contributed by atoms with Crippen molar-refractivity contribution >= 4 is 34.2 Å². The number of hydrogen-bond acceptors (Lipinski definition) is 7. The zero-order valence-corrected chi connectivity index (χ0v) is 18.5. The third-order valence-corrected chi connectivity index (χ3v) is 7.36. The Hall–Kier alpha value is -3.34. The largest absolute Gasteiger partial charge is 0.378 e. The van der Waals surface area contributed by atoms with Crippen molar-refractivity contribution in [3.05, 3.63) is 59.3 Å². The lowest BCUT2D eigenvalue weighted by molar-refractivity contribution is 0.0306. The highest BCUT2D eigenvalue weighted by molar-refractivity contribution is 7.17. The number of aromatic amines is 1. The Kier molecular flexibility index (Phi) is 4.82. The molecule has 1 amide bonds. The van der Waals surface area contributed by atoms with Gasteiger partial charge in [-0.2, -0.15) is 5.10 Å². The molecule has 0 aliphatic carbocycles. The van der Waals surface area contributed by atoms with Crippen molar-refractivity contribution in [2.75, 3.05) is 26.3 Å². The molecule has 5 aromatic rings. The molecule has 1 saturated heterocycles. The third-order valence-electron chi connectivity index (χ3n) is 5.47. The molecule has 32 heavy (non-hydrogen) atoms. The van der Waals surface area contributed by atoms with Crippen molar-refractivity contribution in [1.29, 1.82) is 0 Å². The first-order valence-electron chi connectivity index (χ1n) is 10.2. The number of ether oxygens (including phenoxy) is 1. The minimum atomic E-state index is 0.0542. The van der Waals surface area contributed by atoms with Crippen molar-refractivity contribution < 1.29 is 9.53 Å². The van der Waals surface area contributed by atoms with Crippen LogP contribution in [0.3, 0.4) is 0 Å². The van der Waals surface area contributed by atoms with E-state index < -0.39 is 0 Å². The van der Waals surface area contributed by atoms with Crippen LogP contribution in [0.15, 0.2) is 54.4 Å². The maximum Gasteiger partial charge on any atom is 0.264 e. The van der Waals surface area contributed by atoms with Gasteiger partial charge in [-0.3, -0.25) is 14.3 Å². The van der Waals surface area contributed by atoms with Gasteiger partial charge < -0.3 is 9.64 Å². The average molecular weight is 463 g/mol. The third kappa shape index (κ3) is 3.32. The second kappa shape index (κ2) is 7.97. The van der Waals surface area contributed by atoms with Crippen LogP contribution in [0, 0.1) is 0 Å². The van der Waals surface area contributed by atoms with E-state index in [4.69, 9.17) is 4.74 Å². The monoisotopic (exact) mass is 462 g/mol. The number of carbonyl (C=O) groups excluding carboxylic acids is 1. The number of pyridine rings is 1. The molecule has 6 heterocycles. The lowest BCUT2D eigenvalue weighted by atomic mass is 10.1. The van der Waals surface area contributed by atoms with Crippen molar-refractivity contribution in [2.45, 2.75) is 0 Å². The summed E-state index contributed by atoms with van der Waals surface area (Å²) < 4.78 is 7.41. The average Bonchev–Trinajstić information content (AvgIpc) is 3.63. The normalized spacial score (nSPS) is 14.3. The van der Waals surface area contributed by atoms with E-state index in [-0.39, 0.29) is 5.91 Å². The van der Waals surface area contributed by atoms with Crippen LogP contribution in [0.1, 0.15) is 9.67 Å². The van der Waals surface area contributed by atoms with Gasteiger partial charge in [0, 0.05) is 42.0 Å². The molecule has 1 aliphatic heterocycles. The van der Waals surface area contributed by atoms with Gasteiger partial charge in [0.1, 0.15) is 16.3 Å². The number of imidazole rings is 1. The number of H-pyrrole nitrogens is 1. The van der Waals surface area contributed by atoms with Crippen molar-refractivity contribution in [2.24, 2.45) is 0 Å². The van der Waals surface area contributed by atoms with Gasteiger partial charge in [0.25, 0.3) is 5.91 Å². The fraction of sp³-hybridized carbons (Fsp3) is 0.182. The standard InChI is InChI=1S/C22H18N6O2S2/c29-22(27-6-8-30-9-7-27)18-3-2-17(32-18)20-15(11-25-26-20)14-1-4-19-24-12-16(28(19)13-14)21-23-5-10-31-21/h1-5,10-13H,6-9H2,(H,25,26). The summed E-state index contributed by atoms with van der Waals surface area (Å²) >= 11 is 3.06. The van der Waals surface area contributed by atoms with Gasteiger partial charge in [0.15, 0.2) is 0 Å². The molecular weight excluding hydrogens is 444 g/mol. The number of rotatable bonds is 4. The van der Waals surface area contributed by atoms with Crippen LogP contribution >= 0.6 is 22.7 Å². The van der Waals surface area contributed by atoms with E-state index in [0.29, 0.717) is 26.3 Å². The van der Waals surface area contributed by atoms with Gasteiger partial charge >= 0.3 is 0 Å². The second-order valence-electron chi connectivity index (χ2n) is 7.35. The summed E-state index contributed by atoms with van der Waals surface area (Å²) in [5, 5.41) is 10.3. The summed E-state index contributed by atoms with van der Waals surface area (Å²) in [6, 6.07) is 7.90. The minimum Gasteiger partial charge on any atom is -0.378 e. The van der Waals surface area contributed by atoms with E-state index in [2.05, 4.69) is 26.4 Å². The highest BCUT2D eigenvalue weighted by atomic mass is 32.1. The second-order valence-corrected chi connectivity index (χ2v) is 9.33. The molecule has 1 fully saturated rings. The Morgan fingerprint density at radius 3 is 2.84 bits per heavy atom. The molecule has 6 rings (SSSR count). The predicted molar refractivity (Wildman–Crippen MR) is 124 cm³/mol. The Morgan fingerprint density at radius 2 is 2.00 bits per heavy atom. The maximum absolute atomic E-state index is 12.8. The number of amides is 1. The number of hydrogen-bond donors (Lipinski definition) is 1. The van der Waals surface area contributed by atoms with Crippen LogP contribution < -0.4 is 0 Å². The van der Waals surface area contributed by atoms with Gasteiger partial charge in [-0.15, -0.1) is 22.7 Å². The molecule has 8 nitrogen and oxygen atoms in total. The van der Waals surface area contributed by atoms with E-state index >= 15 is 0 Å². The smallest absolute Gasteiger partial charge is 0.264 e. The maximum atomic E-state index is 12.8. The van der Waals surface area contributed by atoms with Crippen LogP contribution in [0.25, 0.3) is 38.0 Å². The number of aromatic nitrogens is 5. The molecule has 1 N–H and O–H groups in total. The molecular formula is C22H18N6O2S2. The summed E-state index contributed by atoms with van der Waals surface area (Å²) in [6.45, 7) is 2.45. The van der Waals surface area contributed by atoms with E-state index in [0.717, 1.165) is 42.9 Å². The first-order valence-corrected chi connectivity index (χ1v) is 11.9. The van der Waals surface area contributed by atoms with E-state index in [1.54, 1.807) is 17.5 Å². The lowest BCUT2D eigenvalue weighted by Crippen LogP contribution is -2.40. The zero-order chi connectivity index (χ0) is 21.5. The zero-order valence-electron chi connectivity index (χ0n) is 16.9. The molecule has 0 aromatic carbocycles. The molecule has 5 aromatic heterocycles. The first-order chi connectivity index (χ1) is 15.8. The molecule has 0 spiro atoms. The van der Waals surface area contributed by atoms with Crippen LogP contribution in [0.4, 0.5) is 0 Å². The fourth-order valence-electron chi connectivity index (χ4n) is 3.85. The van der Waals surface area contributed by atoms with Crippen LogP contribution in [-0.2, 0) is 4.74 Å². The molecule has 0 bridgehead atoms. The topological polar surface area (TPSA) is 88.4 Å². The lowest BCUT2D eigenvalue weighted by Gasteiger charge is -2.26. The number of thiophene rings is 1. The van der Waals surface area contributed by atoms with Gasteiger partial charge in [0.2, 0.25) is 0 Å². The number of nitrogens with one attached hydrogen (secondary N) is 1. The van der Waals surface area contributed by atoms with Gasteiger partial charge in [-0.1, -0.05) is 0 Å². The molecule has 0 unspecified atom stereocenters. The van der Waals surface area contributed by atoms with Crippen LogP contribution in [0.5, 0.6) is 0 Å². The highest BCUT2D eigenvalue weighted by Crippen LogP contribution is 2.35. The summed E-state index contributed by atoms with van der Waals surface area (Å²) in [6.07, 6.45) is 7.52. The summed E-state index contributed by atoms with van der Waals surface area (Å²) in [5.41, 5.74) is 4.69. The number of morpholine rings is 1. The van der Waals surface area contributed by atoms with Crippen LogP contribution in [0.2, 0.25) is 0 Å². The Morgan fingerprint density at radius 1 is 1.09 bits per heavy atom. The summed E-state index contributed by atoms with van der Waals surface area (Å²) in [7, 11) is 0. The highest BCUT2D eigenvalue weighted by Gasteiger charge is 2.21. The number of fused-ring (bicyclic) bond motifs is 1. The number of carbonyl (C=O) groups is 1. The number of nitrogens with zero attached hydrogens (tertiary/aromatic N) is 5. The van der Waals surface area contributed by atoms with E-state index in [1.807, 2.05) is 51.3 Å². The molecule has 0 atom stereocenters. The van der Waals surface area contributed by atoms with Gasteiger partial charge in [-0.25, -0.2) is 9.97 Å². The number of thiazole rings is 1. The predicted octanol–water partition coefficient (Wildman–Crippen LogP) is 4.05. The summed E-state index contributed by atoms with van der Waals surface area (Å²) in [4.78, 5) is 25.3. The van der Waals surface area contributed by atoms with E-state index in [1.165, 1.54) is 11.3 Å². The quantitative estimate of drug-likeness (QED) is 0.435. The summed E-state index contributed by atoms with van der Waals surface area (Å²) in [5.74, 6) is 0.0542. The van der Waals surface area contributed by atoms with Gasteiger partial charge in [-0.05, 0) is 24.3 Å². The fourth-order valence-corrected chi connectivity index (χ4v) is 5.48. The molecule has 0 radical (unpaired) electrons. The molecule has 160 valence electrons. The van der Waals surface area contributed by atoms with Crippen LogP contribution in [-0.4, -0.2) is 61.7 Å². The van der Waals surface area contributed by atoms with E-state index in [9.17, 15) is 4.79 Å². The molecule has 10 heteroatoms. The minimum absolute atomic E-state index is 0.0542. The Labute approximate surface area is 191 Å². The van der Waals surface area contributed by atoms with Crippen molar-refractivity contribution in [3.8, 4) is 32.4 Å². The SMILES string of the molecule is O=C(c1ccc(-c2[nH]ncc2-c2ccc3ncc(-c4nccs4)n3c2)s1)N1CCOCC1. The Balaban J connectivity index is 1.35. The molecule has 1 aliphatic rings. The molecule has 0 saturated carbocycles. The Bertz CT molecular complexity index is 1390. The first kappa shape index (κ1) is 19.4.